The summed E-state index contributed by atoms with van der Waals surface area (Å²) in [5, 5.41) is 2.80. The van der Waals surface area contributed by atoms with E-state index in [2.05, 4.69) is 10.3 Å². The second-order valence-electron chi connectivity index (χ2n) is 6.72. The fraction of sp³-hybridized carbons (Fsp3) is 0.444. The van der Waals surface area contributed by atoms with Gasteiger partial charge < -0.3 is 14.6 Å². The normalized spacial score (nSPS) is 20.7. The summed E-state index contributed by atoms with van der Waals surface area (Å²) in [7, 11) is -3.11. The molecule has 1 aliphatic heterocycles. The standard InChI is InChI=1S/C18H22FN3O4S/c1-12-7-9-27(24,25)10-8-22(12)18(23)21-13(2)17-20-11-16(26-17)14-3-5-15(19)6-4-14/h3-6,11-13H,7-10H2,1-2H3,(H,21,23). The van der Waals surface area contributed by atoms with Crippen LogP contribution in [0.2, 0.25) is 0 Å². The van der Waals surface area contributed by atoms with Crippen LogP contribution in [-0.4, -0.2) is 48.4 Å². The molecule has 1 N–H and O–H groups in total. The Labute approximate surface area is 157 Å². The second-order valence-corrected chi connectivity index (χ2v) is 9.03. The molecular formula is C18H22FN3O4S. The van der Waals surface area contributed by atoms with Crippen LogP contribution in [0.25, 0.3) is 11.3 Å². The smallest absolute Gasteiger partial charge is 0.318 e. The van der Waals surface area contributed by atoms with Gasteiger partial charge in [0, 0.05) is 18.2 Å². The zero-order valence-electron chi connectivity index (χ0n) is 15.2. The molecule has 1 fully saturated rings. The Bertz CT molecular complexity index is 911. The Morgan fingerprint density at radius 1 is 1.33 bits per heavy atom. The van der Waals surface area contributed by atoms with Crippen molar-refractivity contribution in [2.45, 2.75) is 32.4 Å². The van der Waals surface area contributed by atoms with Crippen LogP contribution >= 0.6 is 0 Å². The predicted molar refractivity (Wildman–Crippen MR) is 98.3 cm³/mol. The number of nitrogens with one attached hydrogen (secondary N) is 1. The maximum atomic E-state index is 13.0. The van der Waals surface area contributed by atoms with Crippen LogP contribution in [0.1, 0.15) is 32.2 Å². The zero-order chi connectivity index (χ0) is 19.6. The topological polar surface area (TPSA) is 92.5 Å². The van der Waals surface area contributed by atoms with Crippen molar-refractivity contribution in [2.24, 2.45) is 0 Å². The summed E-state index contributed by atoms with van der Waals surface area (Å²) < 4.78 is 42.3. The number of oxazole rings is 1. The van der Waals surface area contributed by atoms with Crippen LogP contribution < -0.4 is 5.32 Å². The number of benzene rings is 1. The minimum atomic E-state index is -3.11. The fourth-order valence-corrected chi connectivity index (χ4v) is 4.31. The minimum Gasteiger partial charge on any atom is -0.438 e. The van der Waals surface area contributed by atoms with E-state index in [4.69, 9.17) is 4.42 Å². The van der Waals surface area contributed by atoms with Crippen LogP contribution in [-0.2, 0) is 9.84 Å². The molecule has 0 bridgehead atoms. The van der Waals surface area contributed by atoms with Crippen molar-refractivity contribution < 1.29 is 22.0 Å². The van der Waals surface area contributed by atoms with Crippen molar-refractivity contribution in [1.82, 2.24) is 15.2 Å². The Balaban J connectivity index is 1.67. The number of rotatable bonds is 3. The van der Waals surface area contributed by atoms with Crippen LogP contribution in [0.4, 0.5) is 9.18 Å². The first kappa shape index (κ1) is 19.3. The van der Waals surface area contributed by atoms with Crippen LogP contribution in [0.3, 0.4) is 0 Å². The monoisotopic (exact) mass is 395 g/mol. The average molecular weight is 395 g/mol. The Morgan fingerprint density at radius 2 is 2.04 bits per heavy atom. The molecule has 2 amide bonds. The summed E-state index contributed by atoms with van der Waals surface area (Å²) in [6.07, 6.45) is 1.93. The van der Waals surface area contributed by atoms with Gasteiger partial charge in [-0.3, -0.25) is 0 Å². The van der Waals surface area contributed by atoms with Gasteiger partial charge in [0.1, 0.15) is 11.9 Å². The number of carbonyl (C=O) groups excluding carboxylic acids is 1. The molecule has 2 atom stereocenters. The molecule has 2 unspecified atom stereocenters. The Kier molecular flexibility index (Phi) is 5.50. The van der Waals surface area contributed by atoms with Gasteiger partial charge in [0.05, 0.1) is 17.7 Å². The lowest BCUT2D eigenvalue weighted by atomic mass is 10.2. The molecule has 1 aliphatic rings. The van der Waals surface area contributed by atoms with Crippen molar-refractivity contribution in [3.63, 3.8) is 0 Å². The van der Waals surface area contributed by atoms with E-state index in [-0.39, 0.29) is 35.9 Å². The number of aromatic nitrogens is 1. The highest BCUT2D eigenvalue weighted by atomic mass is 32.2. The largest absolute Gasteiger partial charge is 0.438 e. The highest BCUT2D eigenvalue weighted by Gasteiger charge is 2.29. The first-order chi connectivity index (χ1) is 12.7. The number of sulfone groups is 1. The van der Waals surface area contributed by atoms with E-state index < -0.39 is 15.9 Å². The first-order valence-corrected chi connectivity index (χ1v) is 10.6. The number of halogens is 1. The van der Waals surface area contributed by atoms with E-state index in [9.17, 15) is 17.6 Å². The SMILES string of the molecule is CC(NC(=O)N1CCS(=O)(=O)CCC1C)c1ncc(-c2ccc(F)cc2)o1. The molecule has 0 radical (unpaired) electrons. The highest BCUT2D eigenvalue weighted by molar-refractivity contribution is 7.91. The van der Waals surface area contributed by atoms with Crippen molar-refractivity contribution in [1.29, 1.82) is 0 Å². The van der Waals surface area contributed by atoms with Gasteiger partial charge in [-0.15, -0.1) is 0 Å². The summed E-state index contributed by atoms with van der Waals surface area (Å²) in [6.45, 7) is 3.73. The molecule has 2 aromatic rings. The molecule has 3 rings (SSSR count). The summed E-state index contributed by atoms with van der Waals surface area (Å²) in [4.78, 5) is 18.3. The number of nitrogens with zero attached hydrogens (tertiary/aromatic N) is 2. The molecule has 146 valence electrons. The van der Waals surface area contributed by atoms with E-state index in [1.54, 1.807) is 19.1 Å². The third kappa shape index (κ3) is 4.65. The number of hydrogen-bond acceptors (Lipinski definition) is 5. The third-order valence-corrected chi connectivity index (χ3v) is 6.31. The van der Waals surface area contributed by atoms with Gasteiger partial charge in [-0.1, -0.05) is 0 Å². The van der Waals surface area contributed by atoms with Gasteiger partial charge >= 0.3 is 6.03 Å². The Morgan fingerprint density at radius 3 is 2.74 bits per heavy atom. The number of amides is 2. The van der Waals surface area contributed by atoms with Crippen molar-refractivity contribution in [3.05, 3.63) is 42.2 Å². The molecule has 7 nitrogen and oxygen atoms in total. The maximum Gasteiger partial charge on any atom is 0.318 e. The molecule has 2 heterocycles. The summed E-state index contributed by atoms with van der Waals surface area (Å²) >= 11 is 0. The van der Waals surface area contributed by atoms with Gasteiger partial charge in [0.25, 0.3) is 0 Å². The summed E-state index contributed by atoms with van der Waals surface area (Å²) in [5.41, 5.74) is 0.681. The first-order valence-electron chi connectivity index (χ1n) is 8.74. The quantitative estimate of drug-likeness (QED) is 0.863. The summed E-state index contributed by atoms with van der Waals surface area (Å²) in [5.74, 6) is 0.506. The number of hydrogen-bond donors (Lipinski definition) is 1. The van der Waals surface area contributed by atoms with Crippen molar-refractivity contribution in [2.75, 3.05) is 18.1 Å². The van der Waals surface area contributed by atoms with Crippen molar-refractivity contribution >= 4 is 15.9 Å². The van der Waals surface area contributed by atoms with Gasteiger partial charge in [-0.05, 0) is 44.5 Å². The molecule has 0 aliphatic carbocycles. The van der Waals surface area contributed by atoms with Gasteiger partial charge in [0.2, 0.25) is 5.89 Å². The molecule has 1 saturated heterocycles. The number of urea groups is 1. The second kappa shape index (κ2) is 7.67. The lowest BCUT2D eigenvalue weighted by Crippen LogP contribution is -2.46. The lowest BCUT2D eigenvalue weighted by molar-refractivity contribution is 0.178. The van der Waals surface area contributed by atoms with Crippen LogP contribution in [0.5, 0.6) is 0 Å². The molecule has 27 heavy (non-hydrogen) atoms. The minimum absolute atomic E-state index is 0.0349. The van der Waals surface area contributed by atoms with E-state index in [0.717, 1.165) is 0 Å². The third-order valence-electron chi connectivity index (χ3n) is 4.65. The average Bonchev–Trinajstić information content (AvgIpc) is 3.06. The molecular weight excluding hydrogens is 373 g/mol. The molecule has 1 aromatic carbocycles. The van der Waals surface area contributed by atoms with Gasteiger partial charge in [-0.2, -0.15) is 0 Å². The van der Waals surface area contributed by atoms with E-state index in [1.807, 2.05) is 6.92 Å². The molecule has 0 saturated carbocycles. The lowest BCUT2D eigenvalue weighted by Gasteiger charge is -2.27. The molecule has 9 heteroatoms. The molecule has 1 aromatic heterocycles. The van der Waals surface area contributed by atoms with Crippen molar-refractivity contribution in [3.8, 4) is 11.3 Å². The predicted octanol–water partition coefficient (Wildman–Crippen LogP) is 2.76. The maximum absolute atomic E-state index is 13.0. The van der Waals surface area contributed by atoms with Gasteiger partial charge in [-0.25, -0.2) is 22.6 Å². The van der Waals surface area contributed by atoms with E-state index in [0.29, 0.717) is 23.6 Å². The summed E-state index contributed by atoms with van der Waals surface area (Å²) in [6, 6.07) is 4.81. The van der Waals surface area contributed by atoms with Crippen LogP contribution in [0.15, 0.2) is 34.9 Å². The zero-order valence-corrected chi connectivity index (χ0v) is 16.0. The van der Waals surface area contributed by atoms with E-state index in [1.165, 1.54) is 23.2 Å². The highest BCUT2D eigenvalue weighted by Crippen LogP contribution is 2.23. The fourth-order valence-electron chi connectivity index (χ4n) is 2.93. The molecule has 0 spiro atoms. The van der Waals surface area contributed by atoms with Gasteiger partial charge in [0.15, 0.2) is 15.6 Å². The van der Waals surface area contributed by atoms with E-state index >= 15 is 0 Å². The van der Waals surface area contributed by atoms with Crippen LogP contribution in [0, 0.1) is 5.82 Å². The number of carbonyl (C=O) groups is 1. The Hall–Kier alpha value is -2.42.